The summed E-state index contributed by atoms with van der Waals surface area (Å²) in [6.07, 6.45) is 7.33. The third-order valence-corrected chi connectivity index (χ3v) is 9.87. The fraction of sp³-hybridized carbons (Fsp3) is 0.343. The number of hydrogen-bond acceptors (Lipinski definition) is 9. The number of amides is 2. The van der Waals surface area contributed by atoms with Crippen molar-refractivity contribution in [3.05, 3.63) is 72.7 Å². The minimum absolute atomic E-state index is 0.00917. The van der Waals surface area contributed by atoms with E-state index in [1.807, 2.05) is 30.1 Å². The number of rotatable bonds is 8. The number of halogens is 2. The van der Waals surface area contributed by atoms with Crippen molar-refractivity contribution in [2.24, 2.45) is 12.5 Å². The van der Waals surface area contributed by atoms with Crippen LogP contribution in [-0.4, -0.2) is 102 Å². The Bertz CT molecular complexity index is 2100. The van der Waals surface area contributed by atoms with Crippen molar-refractivity contribution in [1.82, 2.24) is 44.7 Å². The first-order valence-corrected chi connectivity index (χ1v) is 16.5. The van der Waals surface area contributed by atoms with Gasteiger partial charge in [0.2, 0.25) is 17.7 Å². The second kappa shape index (κ2) is 12.7. The van der Waals surface area contributed by atoms with Gasteiger partial charge >= 0.3 is 6.61 Å². The van der Waals surface area contributed by atoms with Crippen LogP contribution in [0.2, 0.25) is 0 Å². The number of nitrogens with one attached hydrogen (secondary N) is 1. The van der Waals surface area contributed by atoms with Gasteiger partial charge in [-0.15, -0.1) is 0 Å². The lowest BCUT2D eigenvalue weighted by Gasteiger charge is -2.29. The number of benzene rings is 1. The van der Waals surface area contributed by atoms with Crippen LogP contribution in [0, 0.1) is 5.41 Å². The van der Waals surface area contributed by atoms with Crippen LogP contribution in [0.25, 0.3) is 39.3 Å². The maximum Gasteiger partial charge on any atom is 0.388 e. The molecule has 1 spiro atoms. The lowest BCUT2D eigenvalue weighted by Crippen LogP contribution is -2.43. The van der Waals surface area contributed by atoms with E-state index in [-0.39, 0.29) is 24.2 Å². The molecule has 0 bridgehead atoms. The Morgan fingerprint density at radius 1 is 1.00 bits per heavy atom. The number of carbonyl (C=O) groups is 2. The summed E-state index contributed by atoms with van der Waals surface area (Å²) in [4.78, 5) is 46.1. The van der Waals surface area contributed by atoms with Crippen molar-refractivity contribution < 1.29 is 23.1 Å². The highest BCUT2D eigenvalue weighted by Crippen LogP contribution is 2.42. The van der Waals surface area contributed by atoms with Gasteiger partial charge in [-0.25, -0.2) is 15.0 Å². The Morgan fingerprint density at radius 2 is 1.80 bits per heavy atom. The van der Waals surface area contributed by atoms with Gasteiger partial charge < -0.3 is 9.64 Å². The average molecular weight is 681 g/mol. The van der Waals surface area contributed by atoms with Crippen LogP contribution in [-0.2, 0) is 16.6 Å². The zero-order valence-electron chi connectivity index (χ0n) is 27.3. The number of hydrogen-bond donors (Lipinski definition) is 1. The van der Waals surface area contributed by atoms with Crippen LogP contribution in [0.1, 0.15) is 24.8 Å². The van der Waals surface area contributed by atoms with Gasteiger partial charge in [-0.05, 0) is 55.1 Å². The van der Waals surface area contributed by atoms with E-state index in [1.54, 1.807) is 28.0 Å². The first-order valence-electron chi connectivity index (χ1n) is 16.5. The molecule has 1 aromatic carbocycles. The smallest absolute Gasteiger partial charge is 0.388 e. The van der Waals surface area contributed by atoms with E-state index in [0.717, 1.165) is 17.5 Å². The molecule has 8 rings (SSSR count). The van der Waals surface area contributed by atoms with Crippen molar-refractivity contribution >= 4 is 34.2 Å². The normalized spacial score (nSPS) is 19.7. The van der Waals surface area contributed by atoms with Gasteiger partial charge in [0.05, 0.1) is 17.5 Å². The van der Waals surface area contributed by atoms with Crippen molar-refractivity contribution in [3.63, 3.8) is 0 Å². The highest BCUT2D eigenvalue weighted by Gasteiger charge is 2.51. The molecular formula is C35H34F2N10O3. The quantitative estimate of drug-likeness (QED) is 0.256. The third-order valence-electron chi connectivity index (χ3n) is 9.87. The Balaban J connectivity index is 0.889. The van der Waals surface area contributed by atoms with Gasteiger partial charge in [0.1, 0.15) is 23.4 Å². The number of aryl methyl sites for hydroxylation is 1. The largest absolute Gasteiger partial charge is 0.417 e. The molecule has 2 fully saturated rings. The van der Waals surface area contributed by atoms with E-state index in [4.69, 9.17) is 4.98 Å². The molecule has 4 aromatic heterocycles. The van der Waals surface area contributed by atoms with Gasteiger partial charge in [-0.1, -0.05) is 30.3 Å². The van der Waals surface area contributed by atoms with E-state index in [1.165, 1.54) is 17.8 Å². The Labute approximate surface area is 285 Å². The van der Waals surface area contributed by atoms with Gasteiger partial charge in [0.15, 0.2) is 5.82 Å². The van der Waals surface area contributed by atoms with E-state index < -0.39 is 12.0 Å². The molecule has 2 amide bonds. The van der Waals surface area contributed by atoms with E-state index in [2.05, 4.69) is 53.1 Å². The van der Waals surface area contributed by atoms with Crippen LogP contribution >= 0.6 is 0 Å². The summed E-state index contributed by atoms with van der Waals surface area (Å²) >= 11 is 0. The first-order chi connectivity index (χ1) is 24.2. The lowest BCUT2D eigenvalue weighted by atomic mass is 9.85. The molecule has 3 aliphatic rings. The molecule has 0 saturated carbocycles. The Hall–Kier alpha value is -5.57. The lowest BCUT2D eigenvalue weighted by molar-refractivity contribution is -0.132. The number of aromatic nitrogens is 7. The van der Waals surface area contributed by atoms with Gasteiger partial charge in [0, 0.05) is 56.6 Å². The molecule has 50 heavy (non-hydrogen) atoms. The molecule has 1 N–H and O–H groups in total. The number of pyridine rings is 2. The van der Waals surface area contributed by atoms with Crippen LogP contribution in [0.4, 0.5) is 14.6 Å². The highest BCUT2D eigenvalue weighted by atomic mass is 19.3. The summed E-state index contributed by atoms with van der Waals surface area (Å²) in [5.74, 6) is 1.09. The topological polar surface area (TPSA) is 138 Å². The molecule has 0 unspecified atom stereocenters. The molecular weight excluding hydrogens is 646 g/mol. The molecule has 2 saturated heterocycles. The van der Waals surface area contributed by atoms with Crippen molar-refractivity contribution in [1.29, 1.82) is 0 Å². The van der Waals surface area contributed by atoms with Crippen LogP contribution in [0.5, 0.6) is 5.88 Å². The van der Waals surface area contributed by atoms with Gasteiger partial charge in [-0.3, -0.25) is 29.2 Å². The van der Waals surface area contributed by atoms with Gasteiger partial charge in [-0.2, -0.15) is 19.0 Å². The maximum absolute atomic E-state index is 13.9. The van der Waals surface area contributed by atoms with Crippen LogP contribution in [0.3, 0.4) is 0 Å². The van der Waals surface area contributed by atoms with Gasteiger partial charge in [0.25, 0.3) is 0 Å². The second-order valence-electron chi connectivity index (χ2n) is 13.0. The fourth-order valence-corrected chi connectivity index (χ4v) is 7.19. The van der Waals surface area contributed by atoms with Crippen molar-refractivity contribution in [2.45, 2.75) is 25.9 Å². The SMILES string of the molecule is Cn1cnc(-c2ccc(C3=CCN(C(=O)CN4CC[C@]5(CCN(c6ccc7[nH]nc(-c8ccc(OC(F)F)nc8)c7n6)C5=O)C4)CC3)cc2)n1. The average Bonchev–Trinajstić information content (AvgIpc) is 3.92. The molecule has 13 nitrogen and oxygen atoms in total. The zero-order valence-corrected chi connectivity index (χ0v) is 27.3. The van der Waals surface area contributed by atoms with E-state index in [0.29, 0.717) is 79.5 Å². The molecule has 1 atom stereocenters. The summed E-state index contributed by atoms with van der Waals surface area (Å²) in [6.45, 7) is 0.234. The van der Waals surface area contributed by atoms with Crippen molar-refractivity contribution in [2.75, 3.05) is 44.2 Å². The number of likely N-dealkylation sites (tertiary alicyclic amines) is 1. The summed E-state index contributed by atoms with van der Waals surface area (Å²) < 4.78 is 31.1. The number of alkyl halides is 2. The number of aromatic amines is 1. The van der Waals surface area contributed by atoms with Crippen molar-refractivity contribution in [3.8, 4) is 28.5 Å². The minimum Gasteiger partial charge on any atom is -0.417 e. The molecule has 3 aliphatic heterocycles. The molecule has 7 heterocycles. The zero-order chi connectivity index (χ0) is 34.4. The predicted octanol–water partition coefficient (Wildman–Crippen LogP) is 4.16. The predicted molar refractivity (Wildman–Crippen MR) is 180 cm³/mol. The Kier molecular flexibility index (Phi) is 8.05. The molecule has 15 heteroatoms. The number of carbonyl (C=O) groups excluding carboxylic acids is 2. The van der Waals surface area contributed by atoms with Crippen LogP contribution in [0.15, 0.2) is 67.1 Å². The Morgan fingerprint density at radius 3 is 2.52 bits per heavy atom. The summed E-state index contributed by atoms with van der Waals surface area (Å²) in [7, 11) is 1.84. The summed E-state index contributed by atoms with van der Waals surface area (Å²) in [6, 6.07) is 14.7. The van der Waals surface area contributed by atoms with Crippen LogP contribution < -0.4 is 9.64 Å². The number of fused-ring (bicyclic) bond motifs is 1. The van der Waals surface area contributed by atoms with E-state index >= 15 is 0 Å². The maximum atomic E-state index is 13.9. The highest BCUT2D eigenvalue weighted by molar-refractivity contribution is 6.01. The number of nitrogens with zero attached hydrogens (tertiary/aromatic N) is 9. The molecule has 0 radical (unpaired) electrons. The number of ether oxygens (including phenoxy) is 1. The molecule has 5 aromatic rings. The number of H-pyrrole nitrogens is 1. The molecule has 256 valence electrons. The molecule has 0 aliphatic carbocycles. The van der Waals surface area contributed by atoms with E-state index in [9.17, 15) is 18.4 Å². The standard InChI is InChI=1S/C35H34F2N10O3/c1-44-21-39-32(43-44)24-4-2-22(3-5-24)23-10-14-46(15-11-23)29(48)19-45-16-12-35(20-45)13-17-47(33(35)49)27-8-7-26-31(40-27)30(42-41-26)25-6-9-28(38-18-25)50-34(36)37/h2-10,18,21,34H,11-17,19-20H2,1H3,(H,41,42)/t35-/m0/s1. The fourth-order valence-electron chi connectivity index (χ4n) is 7.19. The first kappa shape index (κ1) is 31.7. The summed E-state index contributed by atoms with van der Waals surface area (Å²) in [5, 5.41) is 11.7. The summed E-state index contributed by atoms with van der Waals surface area (Å²) in [5.41, 5.74) is 5.01. The monoisotopic (exact) mass is 680 g/mol. The second-order valence-corrected chi connectivity index (χ2v) is 13.0. The number of anilines is 1. The third kappa shape index (κ3) is 5.97. The minimum atomic E-state index is -2.97.